The van der Waals surface area contributed by atoms with Gasteiger partial charge in [0.2, 0.25) is 0 Å². The Morgan fingerprint density at radius 3 is 3.00 bits per heavy atom. The van der Waals surface area contributed by atoms with Crippen molar-refractivity contribution in [3.05, 3.63) is 59.4 Å². The van der Waals surface area contributed by atoms with E-state index in [4.69, 9.17) is 5.26 Å². The second-order valence-electron chi connectivity index (χ2n) is 3.92. The number of amides is 1. The lowest BCUT2D eigenvalue weighted by Crippen LogP contribution is -2.25. The Bertz CT molecular complexity index is 567. The van der Waals surface area contributed by atoms with Crippen molar-refractivity contribution in [2.24, 2.45) is 0 Å². The zero-order valence-electron chi connectivity index (χ0n) is 9.81. The Kier molecular flexibility index (Phi) is 3.77. The van der Waals surface area contributed by atoms with Gasteiger partial charge < -0.3 is 10.3 Å². The SMILES string of the molecule is N#Cc1cccc(C(=O)NCCc2cc[nH]c2)c1. The second kappa shape index (κ2) is 5.69. The maximum Gasteiger partial charge on any atom is 0.251 e. The van der Waals surface area contributed by atoms with Crippen molar-refractivity contribution in [2.75, 3.05) is 6.54 Å². The molecule has 1 aromatic carbocycles. The third kappa shape index (κ3) is 2.98. The zero-order chi connectivity index (χ0) is 12.8. The van der Waals surface area contributed by atoms with E-state index in [-0.39, 0.29) is 5.91 Å². The normalized spacial score (nSPS) is 9.72. The molecule has 0 aliphatic rings. The van der Waals surface area contributed by atoms with Crippen LogP contribution in [0.4, 0.5) is 0 Å². The van der Waals surface area contributed by atoms with Crippen LogP contribution in [-0.4, -0.2) is 17.4 Å². The number of nitrogens with one attached hydrogen (secondary N) is 2. The fourth-order valence-electron chi connectivity index (χ4n) is 1.67. The molecule has 4 nitrogen and oxygen atoms in total. The molecule has 0 unspecified atom stereocenters. The summed E-state index contributed by atoms with van der Waals surface area (Å²) < 4.78 is 0. The van der Waals surface area contributed by atoms with Crippen LogP contribution in [0.25, 0.3) is 0 Å². The molecular weight excluding hydrogens is 226 g/mol. The van der Waals surface area contributed by atoms with Crippen molar-refractivity contribution in [1.29, 1.82) is 5.26 Å². The molecule has 0 aliphatic heterocycles. The Balaban J connectivity index is 1.89. The van der Waals surface area contributed by atoms with Crippen LogP contribution in [0.15, 0.2) is 42.7 Å². The van der Waals surface area contributed by atoms with Gasteiger partial charge in [-0.3, -0.25) is 4.79 Å². The summed E-state index contributed by atoms with van der Waals surface area (Å²) in [5, 5.41) is 11.6. The number of hydrogen-bond donors (Lipinski definition) is 2. The van der Waals surface area contributed by atoms with E-state index in [0.29, 0.717) is 17.7 Å². The summed E-state index contributed by atoms with van der Waals surface area (Å²) in [5.74, 6) is -0.150. The molecule has 0 radical (unpaired) electrons. The molecule has 0 aliphatic carbocycles. The summed E-state index contributed by atoms with van der Waals surface area (Å²) in [6.07, 6.45) is 4.54. The molecule has 1 aromatic heterocycles. The van der Waals surface area contributed by atoms with Crippen molar-refractivity contribution in [3.8, 4) is 6.07 Å². The smallest absolute Gasteiger partial charge is 0.251 e. The van der Waals surface area contributed by atoms with Gasteiger partial charge in [0, 0.05) is 24.5 Å². The predicted molar refractivity (Wildman–Crippen MR) is 68.0 cm³/mol. The van der Waals surface area contributed by atoms with Gasteiger partial charge in [-0.05, 0) is 36.2 Å². The number of benzene rings is 1. The van der Waals surface area contributed by atoms with Gasteiger partial charge in [-0.1, -0.05) is 6.07 Å². The Hall–Kier alpha value is -2.54. The monoisotopic (exact) mass is 239 g/mol. The van der Waals surface area contributed by atoms with Gasteiger partial charge in [0.15, 0.2) is 0 Å². The number of carbonyl (C=O) groups is 1. The van der Waals surface area contributed by atoms with Crippen LogP contribution in [0.3, 0.4) is 0 Å². The fraction of sp³-hybridized carbons (Fsp3) is 0.143. The molecule has 2 rings (SSSR count). The number of aromatic nitrogens is 1. The van der Waals surface area contributed by atoms with E-state index in [9.17, 15) is 4.79 Å². The van der Waals surface area contributed by atoms with Crippen LogP contribution in [0.1, 0.15) is 21.5 Å². The number of carbonyl (C=O) groups excluding carboxylic acids is 1. The highest BCUT2D eigenvalue weighted by Gasteiger charge is 2.05. The minimum Gasteiger partial charge on any atom is -0.367 e. The topological polar surface area (TPSA) is 68.7 Å². The molecule has 4 heteroatoms. The molecule has 0 atom stereocenters. The lowest BCUT2D eigenvalue weighted by molar-refractivity contribution is 0.0954. The quantitative estimate of drug-likeness (QED) is 0.855. The highest BCUT2D eigenvalue weighted by atomic mass is 16.1. The summed E-state index contributed by atoms with van der Waals surface area (Å²) in [4.78, 5) is 14.8. The van der Waals surface area contributed by atoms with Gasteiger partial charge in [0.25, 0.3) is 5.91 Å². The van der Waals surface area contributed by atoms with Crippen LogP contribution in [0, 0.1) is 11.3 Å². The highest BCUT2D eigenvalue weighted by molar-refractivity contribution is 5.94. The molecule has 0 fully saturated rings. The molecule has 0 saturated carbocycles. The van der Waals surface area contributed by atoms with Crippen molar-refractivity contribution in [2.45, 2.75) is 6.42 Å². The van der Waals surface area contributed by atoms with E-state index in [1.165, 1.54) is 0 Å². The molecule has 1 amide bonds. The minimum atomic E-state index is -0.150. The average Bonchev–Trinajstić information content (AvgIpc) is 2.92. The number of nitrogens with zero attached hydrogens (tertiary/aromatic N) is 1. The molecule has 2 N–H and O–H groups in total. The summed E-state index contributed by atoms with van der Waals surface area (Å²) in [6, 6.07) is 10.7. The molecule has 0 saturated heterocycles. The van der Waals surface area contributed by atoms with E-state index in [2.05, 4.69) is 10.3 Å². The first-order valence-electron chi connectivity index (χ1n) is 5.69. The van der Waals surface area contributed by atoms with E-state index >= 15 is 0 Å². The maximum absolute atomic E-state index is 11.8. The second-order valence-corrected chi connectivity index (χ2v) is 3.92. The number of aromatic amines is 1. The van der Waals surface area contributed by atoms with Gasteiger partial charge in [0.05, 0.1) is 11.6 Å². The molecule has 2 aromatic rings. The lowest BCUT2D eigenvalue weighted by Gasteiger charge is -2.04. The molecule has 18 heavy (non-hydrogen) atoms. The molecule has 90 valence electrons. The van der Waals surface area contributed by atoms with Crippen molar-refractivity contribution in [1.82, 2.24) is 10.3 Å². The van der Waals surface area contributed by atoms with Crippen LogP contribution >= 0.6 is 0 Å². The largest absolute Gasteiger partial charge is 0.367 e. The van der Waals surface area contributed by atoms with Crippen LogP contribution < -0.4 is 5.32 Å². The number of rotatable bonds is 4. The first-order chi connectivity index (χ1) is 8.79. The number of hydrogen-bond acceptors (Lipinski definition) is 2. The van der Waals surface area contributed by atoms with Crippen molar-refractivity contribution < 1.29 is 4.79 Å². The number of H-pyrrole nitrogens is 1. The average molecular weight is 239 g/mol. The van der Waals surface area contributed by atoms with E-state index < -0.39 is 0 Å². The van der Waals surface area contributed by atoms with Gasteiger partial charge in [-0.2, -0.15) is 5.26 Å². The minimum absolute atomic E-state index is 0.150. The Morgan fingerprint density at radius 1 is 1.39 bits per heavy atom. The third-order valence-corrected chi connectivity index (χ3v) is 2.62. The lowest BCUT2D eigenvalue weighted by atomic mass is 10.1. The van der Waals surface area contributed by atoms with E-state index in [1.807, 2.05) is 24.5 Å². The number of nitriles is 1. The zero-order valence-corrected chi connectivity index (χ0v) is 9.81. The Labute approximate surface area is 105 Å². The van der Waals surface area contributed by atoms with Gasteiger partial charge in [0.1, 0.15) is 0 Å². The van der Waals surface area contributed by atoms with E-state index in [1.54, 1.807) is 24.3 Å². The summed E-state index contributed by atoms with van der Waals surface area (Å²) >= 11 is 0. The van der Waals surface area contributed by atoms with Gasteiger partial charge in [-0.25, -0.2) is 0 Å². The first kappa shape index (κ1) is 11.9. The Morgan fingerprint density at radius 2 is 2.28 bits per heavy atom. The maximum atomic E-state index is 11.8. The van der Waals surface area contributed by atoms with Crippen molar-refractivity contribution >= 4 is 5.91 Å². The fourth-order valence-corrected chi connectivity index (χ4v) is 1.67. The summed E-state index contributed by atoms with van der Waals surface area (Å²) in [7, 11) is 0. The molecule has 1 heterocycles. The summed E-state index contributed by atoms with van der Waals surface area (Å²) in [5.41, 5.74) is 2.16. The molecule has 0 spiro atoms. The van der Waals surface area contributed by atoms with Gasteiger partial charge in [-0.15, -0.1) is 0 Å². The standard InChI is InChI=1S/C14H13N3O/c15-9-12-2-1-3-13(8-12)14(18)17-7-5-11-4-6-16-10-11/h1-4,6,8,10,16H,5,7H2,(H,17,18). The third-order valence-electron chi connectivity index (χ3n) is 2.62. The first-order valence-corrected chi connectivity index (χ1v) is 5.69. The van der Waals surface area contributed by atoms with Crippen LogP contribution in [0.2, 0.25) is 0 Å². The molecular formula is C14H13N3O. The molecule has 0 bridgehead atoms. The van der Waals surface area contributed by atoms with Crippen molar-refractivity contribution in [3.63, 3.8) is 0 Å². The summed E-state index contributed by atoms with van der Waals surface area (Å²) in [6.45, 7) is 0.577. The van der Waals surface area contributed by atoms with Gasteiger partial charge >= 0.3 is 0 Å². The predicted octanol–water partition coefficient (Wildman–Crippen LogP) is 1.86. The van der Waals surface area contributed by atoms with Crippen LogP contribution in [-0.2, 0) is 6.42 Å². The van der Waals surface area contributed by atoms with E-state index in [0.717, 1.165) is 12.0 Å². The van der Waals surface area contributed by atoms with Crippen LogP contribution in [0.5, 0.6) is 0 Å². The highest BCUT2D eigenvalue weighted by Crippen LogP contribution is 2.04.